The first kappa shape index (κ1) is 19.3. The summed E-state index contributed by atoms with van der Waals surface area (Å²) in [4.78, 5) is 25.1. The summed E-state index contributed by atoms with van der Waals surface area (Å²) in [6.45, 7) is 0. The quantitative estimate of drug-likeness (QED) is 0.385. The molecule has 0 bridgehead atoms. The Morgan fingerprint density at radius 1 is 1.10 bits per heavy atom. The predicted octanol–water partition coefficient (Wildman–Crippen LogP) is 2.42. The van der Waals surface area contributed by atoms with Crippen molar-refractivity contribution < 1.29 is 24.2 Å². The van der Waals surface area contributed by atoms with Gasteiger partial charge in [-0.1, -0.05) is 18.2 Å². The van der Waals surface area contributed by atoms with Crippen molar-refractivity contribution in [2.75, 3.05) is 5.32 Å². The Hall–Kier alpha value is -3.65. The second-order valence-corrected chi connectivity index (χ2v) is 8.11. The van der Waals surface area contributed by atoms with Gasteiger partial charge in [-0.2, -0.15) is 4.73 Å². The van der Waals surface area contributed by atoms with Gasteiger partial charge in [0.1, 0.15) is 11.2 Å². The van der Waals surface area contributed by atoms with Crippen LogP contribution >= 0.6 is 0 Å². The molecule has 8 heteroatoms. The van der Waals surface area contributed by atoms with Crippen LogP contribution in [0.3, 0.4) is 0 Å². The van der Waals surface area contributed by atoms with Gasteiger partial charge in [-0.25, -0.2) is 4.79 Å². The molecule has 3 heterocycles. The molecular weight excluding hydrogens is 398 g/mol. The molecule has 0 unspecified atom stereocenters. The number of anilines is 1. The number of hydrogen-bond donors (Lipinski definition) is 2. The van der Waals surface area contributed by atoms with Gasteiger partial charge in [0.15, 0.2) is 11.8 Å². The molecule has 2 N–H and O–H groups in total. The van der Waals surface area contributed by atoms with Gasteiger partial charge in [0, 0.05) is 37.0 Å². The van der Waals surface area contributed by atoms with E-state index >= 15 is 0 Å². The maximum atomic E-state index is 12.9. The zero-order chi connectivity index (χ0) is 21.6. The largest absolute Gasteiger partial charge is 0.618 e. The Balaban J connectivity index is 1.31. The number of aromatic nitrogens is 2. The van der Waals surface area contributed by atoms with Crippen LogP contribution in [0.25, 0.3) is 5.69 Å². The first-order chi connectivity index (χ1) is 14.9. The van der Waals surface area contributed by atoms with Crippen LogP contribution in [0.1, 0.15) is 41.7 Å². The first-order valence-electron chi connectivity index (χ1n) is 10.1. The summed E-state index contributed by atoms with van der Waals surface area (Å²) in [6.07, 6.45) is 5.44. The number of ether oxygens (including phenoxy) is 1. The van der Waals surface area contributed by atoms with Crippen LogP contribution in [-0.2, 0) is 15.1 Å². The standard InChI is InChI=1S/C23H21N3O5/c27-20-18-7-4-13-26(30)19(18)23(31-20)11-9-22(29,10-12-23)21(28)24-16-8-14-25(15-16)17-5-2-1-3-6-17/h1-8,13-15,29H,9-12H2,(H,24,28)/t22-,23+. The van der Waals surface area contributed by atoms with E-state index in [1.165, 1.54) is 12.3 Å². The van der Waals surface area contributed by atoms with Crippen LogP contribution in [-0.4, -0.2) is 27.2 Å². The third kappa shape index (κ3) is 3.16. The van der Waals surface area contributed by atoms with Gasteiger partial charge in [0.05, 0.1) is 5.69 Å². The fraction of sp³-hybridized carbons (Fsp3) is 0.261. The number of esters is 1. The minimum absolute atomic E-state index is 0.0693. The van der Waals surface area contributed by atoms with Crippen molar-refractivity contribution in [3.05, 3.63) is 83.6 Å². The van der Waals surface area contributed by atoms with E-state index in [-0.39, 0.29) is 36.9 Å². The fourth-order valence-corrected chi connectivity index (χ4v) is 4.49. The number of fused-ring (bicyclic) bond motifs is 2. The first-order valence-corrected chi connectivity index (χ1v) is 10.1. The summed E-state index contributed by atoms with van der Waals surface area (Å²) in [7, 11) is 0. The molecule has 1 saturated carbocycles. The van der Waals surface area contributed by atoms with E-state index in [9.17, 15) is 19.9 Å². The molecule has 2 aromatic heterocycles. The molecule has 1 aromatic carbocycles. The molecule has 1 aliphatic carbocycles. The van der Waals surface area contributed by atoms with Crippen molar-refractivity contribution in [3.63, 3.8) is 0 Å². The molecule has 8 nitrogen and oxygen atoms in total. The molecule has 0 atom stereocenters. The smallest absolute Gasteiger partial charge is 0.345 e. The fourth-order valence-electron chi connectivity index (χ4n) is 4.49. The van der Waals surface area contributed by atoms with E-state index in [1.54, 1.807) is 18.3 Å². The van der Waals surface area contributed by atoms with Crippen molar-refractivity contribution in [2.45, 2.75) is 36.9 Å². The number of aliphatic hydroxyl groups is 1. The average molecular weight is 419 g/mol. The topological polar surface area (TPSA) is 108 Å². The van der Waals surface area contributed by atoms with Gasteiger partial charge in [-0.15, -0.1) is 0 Å². The zero-order valence-electron chi connectivity index (χ0n) is 16.7. The molecule has 1 amide bonds. The Morgan fingerprint density at radius 3 is 2.58 bits per heavy atom. The average Bonchev–Trinajstić information content (AvgIpc) is 3.35. The number of benzene rings is 1. The molecule has 1 spiro atoms. The van der Waals surface area contributed by atoms with Crippen molar-refractivity contribution >= 4 is 17.6 Å². The summed E-state index contributed by atoms with van der Waals surface area (Å²) in [5, 5.41) is 26.1. The van der Waals surface area contributed by atoms with Crippen LogP contribution in [0.5, 0.6) is 0 Å². The molecule has 0 saturated heterocycles. The number of rotatable bonds is 3. The van der Waals surface area contributed by atoms with Gasteiger partial charge in [0.25, 0.3) is 11.6 Å². The van der Waals surface area contributed by atoms with Crippen LogP contribution < -0.4 is 10.0 Å². The predicted molar refractivity (Wildman–Crippen MR) is 110 cm³/mol. The summed E-state index contributed by atoms with van der Waals surface area (Å²) in [6, 6.07) is 14.5. The Bertz CT molecular complexity index is 1160. The maximum absolute atomic E-state index is 12.9. The van der Waals surface area contributed by atoms with Gasteiger partial charge < -0.3 is 24.9 Å². The Kier molecular flexibility index (Phi) is 4.33. The number of hydrogen-bond acceptors (Lipinski definition) is 5. The van der Waals surface area contributed by atoms with Crippen molar-refractivity contribution in [3.8, 4) is 5.69 Å². The number of para-hydroxylation sites is 1. The summed E-state index contributed by atoms with van der Waals surface area (Å²) in [5.74, 6) is -1.06. The Morgan fingerprint density at radius 2 is 1.84 bits per heavy atom. The third-order valence-corrected chi connectivity index (χ3v) is 6.21. The lowest BCUT2D eigenvalue weighted by atomic mass is 9.74. The third-order valence-electron chi connectivity index (χ3n) is 6.21. The van der Waals surface area contributed by atoms with Crippen LogP contribution in [0.4, 0.5) is 5.69 Å². The number of nitrogens with zero attached hydrogens (tertiary/aromatic N) is 2. The minimum atomic E-state index is -1.61. The highest BCUT2D eigenvalue weighted by molar-refractivity contribution is 5.97. The maximum Gasteiger partial charge on any atom is 0.345 e. The van der Waals surface area contributed by atoms with E-state index in [0.717, 1.165) is 5.69 Å². The van der Waals surface area contributed by atoms with Crippen molar-refractivity contribution in [2.24, 2.45) is 0 Å². The molecule has 158 valence electrons. The molecule has 0 radical (unpaired) electrons. The van der Waals surface area contributed by atoms with E-state index in [2.05, 4.69) is 5.32 Å². The summed E-state index contributed by atoms with van der Waals surface area (Å²) in [5.41, 5.74) is -0.681. The lowest BCUT2D eigenvalue weighted by molar-refractivity contribution is -0.621. The van der Waals surface area contributed by atoms with Crippen LogP contribution in [0, 0.1) is 5.21 Å². The van der Waals surface area contributed by atoms with E-state index < -0.39 is 23.1 Å². The minimum Gasteiger partial charge on any atom is -0.618 e. The molecule has 3 aromatic rings. The number of carbonyl (C=O) groups excluding carboxylic acids is 2. The number of nitrogens with one attached hydrogen (secondary N) is 1. The highest BCUT2D eigenvalue weighted by Gasteiger charge is 2.57. The second kappa shape index (κ2) is 6.95. The molecule has 5 rings (SSSR count). The zero-order valence-corrected chi connectivity index (χ0v) is 16.7. The molecular formula is C23H21N3O5. The molecule has 1 aliphatic heterocycles. The van der Waals surface area contributed by atoms with Crippen molar-refractivity contribution in [1.82, 2.24) is 4.57 Å². The highest BCUT2D eigenvalue weighted by atomic mass is 16.6. The van der Waals surface area contributed by atoms with Crippen LogP contribution in [0.15, 0.2) is 67.1 Å². The molecule has 2 aliphatic rings. The summed E-state index contributed by atoms with van der Waals surface area (Å²) < 4.78 is 8.10. The normalized spacial score (nSPS) is 24.6. The number of amides is 1. The lowest BCUT2D eigenvalue weighted by Gasteiger charge is -2.38. The number of pyridine rings is 1. The Labute approximate surface area is 178 Å². The van der Waals surface area contributed by atoms with Crippen molar-refractivity contribution in [1.29, 1.82) is 0 Å². The highest BCUT2D eigenvalue weighted by Crippen LogP contribution is 2.48. The second-order valence-electron chi connectivity index (χ2n) is 8.11. The van der Waals surface area contributed by atoms with Gasteiger partial charge in [-0.05, 0) is 37.1 Å². The van der Waals surface area contributed by atoms with E-state index in [1.807, 2.05) is 41.1 Å². The van der Waals surface area contributed by atoms with E-state index in [4.69, 9.17) is 4.74 Å². The lowest BCUT2D eigenvalue weighted by Crippen LogP contribution is -2.51. The SMILES string of the molecule is O=C1O[C@]2(CC[C@](O)(C(=O)Nc3ccn(-c4ccccc4)c3)CC2)c2c1ccc[n+]2[O-]. The van der Waals surface area contributed by atoms with Gasteiger partial charge in [-0.3, -0.25) is 4.79 Å². The van der Waals surface area contributed by atoms with Crippen LogP contribution in [0.2, 0.25) is 0 Å². The molecule has 1 fully saturated rings. The molecule has 31 heavy (non-hydrogen) atoms. The summed E-state index contributed by atoms with van der Waals surface area (Å²) >= 11 is 0. The van der Waals surface area contributed by atoms with Gasteiger partial charge >= 0.3 is 5.97 Å². The number of carbonyl (C=O) groups is 2. The van der Waals surface area contributed by atoms with Gasteiger partial charge in [0.2, 0.25) is 0 Å². The van der Waals surface area contributed by atoms with E-state index in [0.29, 0.717) is 10.4 Å². The monoisotopic (exact) mass is 419 g/mol.